The molecule has 11 heteroatoms. The van der Waals surface area contributed by atoms with Crippen molar-refractivity contribution in [2.45, 2.75) is 46.8 Å². The number of anilines is 1. The molecule has 1 aliphatic rings. The predicted molar refractivity (Wildman–Crippen MR) is 138 cm³/mol. The topological polar surface area (TPSA) is 135 Å². The van der Waals surface area contributed by atoms with Gasteiger partial charge in [0, 0.05) is 44.8 Å². The molecule has 11 nitrogen and oxygen atoms in total. The minimum Gasteiger partial charge on any atom is -0.503 e. The fourth-order valence-corrected chi connectivity index (χ4v) is 3.79. The SMILES string of the molecule is CC(C)CN(NC(=O)c1ccc(CN2CCN(C(=O)OC(C)(C)C)CC2)cc1)c1nc(C#N)ncc1O. The summed E-state index contributed by atoms with van der Waals surface area (Å²) in [6, 6.07) is 9.13. The number of rotatable bonds is 7. The summed E-state index contributed by atoms with van der Waals surface area (Å²) < 4.78 is 5.45. The normalized spacial score (nSPS) is 14.2. The first kappa shape index (κ1) is 27.7. The minimum atomic E-state index is -0.511. The molecule has 2 amide bonds. The molecule has 3 rings (SSSR count). The number of aromatic nitrogens is 2. The number of carbonyl (C=O) groups is 2. The molecule has 2 aromatic rings. The van der Waals surface area contributed by atoms with Gasteiger partial charge in [-0.2, -0.15) is 10.2 Å². The van der Waals surface area contributed by atoms with Crippen molar-refractivity contribution in [2.75, 3.05) is 37.7 Å². The van der Waals surface area contributed by atoms with E-state index in [1.54, 1.807) is 17.0 Å². The van der Waals surface area contributed by atoms with E-state index in [0.717, 1.165) is 24.8 Å². The molecule has 2 heterocycles. The second kappa shape index (κ2) is 11.9. The van der Waals surface area contributed by atoms with E-state index in [9.17, 15) is 14.7 Å². The molecule has 0 unspecified atom stereocenters. The van der Waals surface area contributed by atoms with Crippen LogP contribution >= 0.6 is 0 Å². The summed E-state index contributed by atoms with van der Waals surface area (Å²) in [6.45, 7) is 13.2. The number of amides is 2. The Morgan fingerprint density at radius 3 is 2.41 bits per heavy atom. The lowest BCUT2D eigenvalue weighted by atomic mass is 10.1. The maximum atomic E-state index is 13.0. The van der Waals surface area contributed by atoms with Crippen molar-refractivity contribution in [3.05, 3.63) is 47.4 Å². The number of piperazine rings is 1. The Balaban J connectivity index is 1.59. The average molecular weight is 510 g/mol. The summed E-state index contributed by atoms with van der Waals surface area (Å²) in [7, 11) is 0. The molecule has 1 saturated heterocycles. The van der Waals surface area contributed by atoms with Gasteiger partial charge in [0.2, 0.25) is 5.82 Å². The zero-order chi connectivity index (χ0) is 27.2. The molecular weight excluding hydrogens is 474 g/mol. The number of hydrogen-bond acceptors (Lipinski definition) is 9. The Labute approximate surface area is 217 Å². The lowest BCUT2D eigenvalue weighted by Crippen LogP contribution is -2.49. The number of benzene rings is 1. The van der Waals surface area contributed by atoms with Gasteiger partial charge in [0.1, 0.15) is 11.7 Å². The highest BCUT2D eigenvalue weighted by Gasteiger charge is 2.26. The van der Waals surface area contributed by atoms with Crippen molar-refractivity contribution in [3.63, 3.8) is 0 Å². The number of nitrogens with zero attached hydrogens (tertiary/aromatic N) is 6. The Kier molecular flexibility index (Phi) is 8.89. The molecule has 0 radical (unpaired) electrons. The molecule has 1 aliphatic heterocycles. The number of carbonyl (C=O) groups excluding carboxylic acids is 2. The minimum absolute atomic E-state index is 0.0655. The van der Waals surface area contributed by atoms with Crippen molar-refractivity contribution in [1.82, 2.24) is 25.2 Å². The summed E-state index contributed by atoms with van der Waals surface area (Å²) in [5, 5.41) is 20.8. The van der Waals surface area contributed by atoms with Crippen LogP contribution < -0.4 is 10.4 Å². The highest BCUT2D eigenvalue weighted by Crippen LogP contribution is 2.23. The molecule has 0 saturated carbocycles. The number of ether oxygens (including phenoxy) is 1. The van der Waals surface area contributed by atoms with E-state index >= 15 is 0 Å². The molecule has 37 heavy (non-hydrogen) atoms. The van der Waals surface area contributed by atoms with Gasteiger partial charge in [-0.05, 0) is 44.4 Å². The van der Waals surface area contributed by atoms with Crippen LogP contribution in [0.5, 0.6) is 5.75 Å². The van der Waals surface area contributed by atoms with E-state index < -0.39 is 5.60 Å². The molecular formula is C26H35N7O4. The quantitative estimate of drug-likeness (QED) is 0.540. The van der Waals surface area contributed by atoms with Crippen LogP contribution in [0.3, 0.4) is 0 Å². The Bertz CT molecular complexity index is 1130. The van der Waals surface area contributed by atoms with E-state index in [4.69, 9.17) is 10.00 Å². The number of hydrazine groups is 1. The van der Waals surface area contributed by atoms with Gasteiger partial charge in [-0.15, -0.1) is 0 Å². The van der Waals surface area contributed by atoms with Crippen LogP contribution in [-0.4, -0.2) is 75.2 Å². The molecule has 0 spiro atoms. The predicted octanol–water partition coefficient (Wildman–Crippen LogP) is 2.91. The lowest BCUT2D eigenvalue weighted by Gasteiger charge is -2.35. The first-order chi connectivity index (χ1) is 17.4. The Hall–Kier alpha value is -3.91. The third-order valence-corrected chi connectivity index (χ3v) is 5.54. The van der Waals surface area contributed by atoms with Gasteiger partial charge >= 0.3 is 6.09 Å². The van der Waals surface area contributed by atoms with Crippen LogP contribution in [0.15, 0.2) is 30.5 Å². The summed E-state index contributed by atoms with van der Waals surface area (Å²) in [5.41, 5.74) is 3.76. The molecule has 1 fully saturated rings. The molecule has 198 valence electrons. The van der Waals surface area contributed by atoms with Gasteiger partial charge in [0.15, 0.2) is 11.6 Å². The smallest absolute Gasteiger partial charge is 0.410 e. The maximum Gasteiger partial charge on any atom is 0.410 e. The lowest BCUT2D eigenvalue weighted by molar-refractivity contribution is 0.0139. The second-order valence-electron chi connectivity index (χ2n) is 10.4. The summed E-state index contributed by atoms with van der Waals surface area (Å²) in [4.78, 5) is 37.0. The first-order valence-corrected chi connectivity index (χ1v) is 12.3. The Morgan fingerprint density at radius 1 is 1.19 bits per heavy atom. The maximum absolute atomic E-state index is 13.0. The van der Waals surface area contributed by atoms with E-state index in [2.05, 4.69) is 20.3 Å². The number of hydrogen-bond donors (Lipinski definition) is 2. The molecule has 1 aromatic heterocycles. The van der Waals surface area contributed by atoms with Gasteiger partial charge < -0.3 is 14.7 Å². The molecule has 2 N–H and O–H groups in total. The monoisotopic (exact) mass is 509 g/mol. The molecule has 0 aliphatic carbocycles. The zero-order valence-corrected chi connectivity index (χ0v) is 22.1. The third-order valence-electron chi connectivity index (χ3n) is 5.54. The van der Waals surface area contributed by atoms with E-state index in [1.165, 1.54) is 5.01 Å². The van der Waals surface area contributed by atoms with Crippen molar-refractivity contribution >= 4 is 17.8 Å². The molecule has 1 aromatic carbocycles. The van der Waals surface area contributed by atoms with Gasteiger partial charge in [-0.25, -0.2) is 9.78 Å². The van der Waals surface area contributed by atoms with Crippen LogP contribution in [0.2, 0.25) is 0 Å². The zero-order valence-electron chi connectivity index (χ0n) is 22.1. The summed E-state index contributed by atoms with van der Waals surface area (Å²) in [6.07, 6.45) is 0.857. The highest BCUT2D eigenvalue weighted by molar-refractivity contribution is 5.95. The van der Waals surface area contributed by atoms with E-state index in [-0.39, 0.29) is 35.3 Å². The summed E-state index contributed by atoms with van der Waals surface area (Å²) in [5.74, 6) is -0.502. The second-order valence-corrected chi connectivity index (χ2v) is 10.4. The van der Waals surface area contributed by atoms with Crippen LogP contribution in [0, 0.1) is 17.2 Å². The van der Waals surface area contributed by atoms with Gasteiger partial charge in [0.25, 0.3) is 5.91 Å². The van der Waals surface area contributed by atoms with E-state index in [0.29, 0.717) is 31.7 Å². The van der Waals surface area contributed by atoms with E-state index in [1.807, 2.05) is 52.8 Å². The molecule has 0 bridgehead atoms. The Morgan fingerprint density at radius 2 is 1.84 bits per heavy atom. The summed E-state index contributed by atoms with van der Waals surface area (Å²) >= 11 is 0. The highest BCUT2D eigenvalue weighted by atomic mass is 16.6. The van der Waals surface area contributed by atoms with Crippen molar-refractivity contribution < 1.29 is 19.4 Å². The number of nitrogens with one attached hydrogen (secondary N) is 1. The number of aromatic hydroxyl groups is 1. The average Bonchev–Trinajstić information content (AvgIpc) is 2.83. The first-order valence-electron chi connectivity index (χ1n) is 12.3. The van der Waals surface area contributed by atoms with Crippen LogP contribution in [0.4, 0.5) is 10.6 Å². The van der Waals surface area contributed by atoms with Gasteiger partial charge in [-0.3, -0.25) is 20.1 Å². The molecule has 0 atom stereocenters. The van der Waals surface area contributed by atoms with Crippen molar-refractivity contribution in [1.29, 1.82) is 5.26 Å². The fourth-order valence-electron chi connectivity index (χ4n) is 3.79. The van der Waals surface area contributed by atoms with Crippen LogP contribution in [0.25, 0.3) is 0 Å². The van der Waals surface area contributed by atoms with Crippen molar-refractivity contribution in [2.24, 2.45) is 5.92 Å². The van der Waals surface area contributed by atoms with Gasteiger partial charge in [-0.1, -0.05) is 26.0 Å². The fraction of sp³-hybridized carbons (Fsp3) is 0.500. The van der Waals surface area contributed by atoms with Gasteiger partial charge in [0.05, 0.1) is 6.20 Å². The van der Waals surface area contributed by atoms with Crippen LogP contribution in [-0.2, 0) is 11.3 Å². The third kappa shape index (κ3) is 8.05. The standard InChI is InChI=1S/C26H35N7O4/c1-18(2)16-33(23-21(34)15-28-22(14-27)29-23)30-24(35)20-8-6-19(7-9-20)17-31-10-12-32(13-11-31)25(36)37-26(3,4)5/h6-9,15,18,34H,10-13,16-17H2,1-5H3,(H,30,35). The van der Waals surface area contributed by atoms with Crippen molar-refractivity contribution in [3.8, 4) is 11.8 Å². The number of nitriles is 1. The van der Waals surface area contributed by atoms with Crippen LogP contribution in [0.1, 0.15) is 56.4 Å². The largest absolute Gasteiger partial charge is 0.503 e.